The van der Waals surface area contributed by atoms with Crippen molar-refractivity contribution in [2.45, 2.75) is 45.1 Å². The molecule has 1 aromatic carbocycles. The van der Waals surface area contributed by atoms with E-state index in [-0.39, 0.29) is 18.4 Å². The molecule has 1 atom stereocenters. The zero-order valence-corrected chi connectivity index (χ0v) is 17.3. The molecule has 7 nitrogen and oxygen atoms in total. The summed E-state index contributed by atoms with van der Waals surface area (Å²) in [6.45, 7) is 4.89. The van der Waals surface area contributed by atoms with E-state index >= 15 is 0 Å². The molecule has 1 heterocycles. The Kier molecular flexibility index (Phi) is 8.38. The standard InChI is InChI=1S/C20H30ClN3O4/c1-13(3-4-19(25)26)5-8-24-9-6-14(7-10-24)23-20(27)15-11-16(21)17(22)12-18(15)28-2/h11-14H,3-10,22H2,1-2H3,(H,23,27)(H,25,26). The SMILES string of the molecule is COc1cc(N)c(Cl)cc1C(=O)NC1CCN(CCC(C)CCC(=O)O)CC1. The van der Waals surface area contributed by atoms with Crippen LogP contribution in [-0.2, 0) is 4.79 Å². The molecule has 0 aromatic heterocycles. The summed E-state index contributed by atoms with van der Waals surface area (Å²) in [5.41, 5.74) is 6.53. The summed E-state index contributed by atoms with van der Waals surface area (Å²) in [7, 11) is 1.50. The van der Waals surface area contributed by atoms with Crippen molar-refractivity contribution in [2.75, 3.05) is 32.5 Å². The molecule has 1 amide bonds. The first-order valence-electron chi connectivity index (χ1n) is 9.68. The van der Waals surface area contributed by atoms with Gasteiger partial charge in [-0.25, -0.2) is 0 Å². The lowest BCUT2D eigenvalue weighted by Gasteiger charge is -2.33. The molecule has 0 radical (unpaired) electrons. The predicted molar refractivity (Wildman–Crippen MR) is 110 cm³/mol. The molecule has 28 heavy (non-hydrogen) atoms. The van der Waals surface area contributed by atoms with Gasteiger partial charge >= 0.3 is 5.97 Å². The monoisotopic (exact) mass is 411 g/mol. The van der Waals surface area contributed by atoms with Gasteiger partial charge in [-0.3, -0.25) is 9.59 Å². The molecule has 1 aromatic rings. The number of likely N-dealkylation sites (tertiary alicyclic amines) is 1. The van der Waals surface area contributed by atoms with E-state index in [1.54, 1.807) is 12.1 Å². The topological polar surface area (TPSA) is 105 Å². The number of nitrogens with zero attached hydrogens (tertiary/aromatic N) is 1. The Hall–Kier alpha value is -1.99. The highest BCUT2D eigenvalue weighted by Crippen LogP contribution is 2.29. The number of rotatable bonds is 9. The quantitative estimate of drug-likeness (QED) is 0.539. The number of piperidine rings is 1. The van der Waals surface area contributed by atoms with Gasteiger partial charge in [-0.1, -0.05) is 18.5 Å². The summed E-state index contributed by atoms with van der Waals surface area (Å²) < 4.78 is 5.25. The molecule has 2 rings (SSSR count). The van der Waals surface area contributed by atoms with Crippen LogP contribution in [0, 0.1) is 5.92 Å². The molecule has 1 saturated heterocycles. The fourth-order valence-corrected chi connectivity index (χ4v) is 3.56. The number of nitrogen functional groups attached to an aromatic ring is 1. The Balaban J connectivity index is 1.79. The van der Waals surface area contributed by atoms with Gasteiger partial charge in [-0.2, -0.15) is 0 Å². The van der Waals surface area contributed by atoms with Gasteiger partial charge in [0.05, 0.1) is 23.4 Å². The number of hydrogen-bond donors (Lipinski definition) is 3. The second-order valence-electron chi connectivity index (χ2n) is 7.49. The molecule has 1 unspecified atom stereocenters. The summed E-state index contributed by atoms with van der Waals surface area (Å²) in [5.74, 6) is -0.134. The summed E-state index contributed by atoms with van der Waals surface area (Å²) in [4.78, 5) is 25.6. The van der Waals surface area contributed by atoms with Crippen molar-refractivity contribution in [1.29, 1.82) is 0 Å². The lowest BCUT2D eigenvalue weighted by atomic mass is 9.99. The Morgan fingerprint density at radius 3 is 2.64 bits per heavy atom. The van der Waals surface area contributed by atoms with Crippen molar-refractivity contribution in [3.05, 3.63) is 22.7 Å². The number of carboxylic acid groups (broad SMARTS) is 1. The maximum atomic E-state index is 12.6. The molecular formula is C20H30ClN3O4. The number of anilines is 1. The molecule has 0 saturated carbocycles. The lowest BCUT2D eigenvalue weighted by molar-refractivity contribution is -0.137. The highest BCUT2D eigenvalue weighted by Gasteiger charge is 2.23. The van der Waals surface area contributed by atoms with E-state index in [1.807, 2.05) is 0 Å². The maximum Gasteiger partial charge on any atom is 0.303 e. The molecule has 0 bridgehead atoms. The largest absolute Gasteiger partial charge is 0.496 e. The highest BCUT2D eigenvalue weighted by molar-refractivity contribution is 6.33. The molecule has 8 heteroatoms. The van der Waals surface area contributed by atoms with Crippen LogP contribution in [0.15, 0.2) is 12.1 Å². The van der Waals surface area contributed by atoms with Gasteiger partial charge in [0.1, 0.15) is 5.75 Å². The van der Waals surface area contributed by atoms with Gasteiger partial charge in [0.15, 0.2) is 0 Å². The second-order valence-corrected chi connectivity index (χ2v) is 7.90. The van der Waals surface area contributed by atoms with Crippen molar-refractivity contribution in [3.63, 3.8) is 0 Å². The van der Waals surface area contributed by atoms with E-state index in [0.29, 0.717) is 34.4 Å². The van der Waals surface area contributed by atoms with Crippen molar-refractivity contribution in [3.8, 4) is 5.75 Å². The van der Waals surface area contributed by atoms with E-state index in [9.17, 15) is 9.59 Å². The van der Waals surface area contributed by atoms with Gasteiger partial charge in [0.2, 0.25) is 0 Å². The average molecular weight is 412 g/mol. The second kappa shape index (κ2) is 10.5. The van der Waals surface area contributed by atoms with Crippen LogP contribution in [-0.4, -0.2) is 54.7 Å². The van der Waals surface area contributed by atoms with Crippen molar-refractivity contribution in [1.82, 2.24) is 10.2 Å². The van der Waals surface area contributed by atoms with Crippen LogP contribution < -0.4 is 15.8 Å². The fourth-order valence-electron chi connectivity index (χ4n) is 3.40. The van der Waals surface area contributed by atoms with Crippen molar-refractivity contribution >= 4 is 29.2 Å². The smallest absolute Gasteiger partial charge is 0.303 e. The van der Waals surface area contributed by atoms with Crippen LogP contribution in [0.25, 0.3) is 0 Å². The number of carbonyl (C=O) groups is 2. The Bertz CT molecular complexity index is 690. The van der Waals surface area contributed by atoms with E-state index < -0.39 is 5.97 Å². The summed E-state index contributed by atoms with van der Waals surface area (Å²) in [5, 5.41) is 12.2. The summed E-state index contributed by atoms with van der Waals surface area (Å²) >= 11 is 6.05. The molecular weight excluding hydrogens is 382 g/mol. The number of ether oxygens (including phenoxy) is 1. The van der Waals surface area contributed by atoms with Crippen molar-refractivity contribution in [2.24, 2.45) is 5.92 Å². The third kappa shape index (κ3) is 6.56. The minimum Gasteiger partial charge on any atom is -0.496 e. The molecule has 1 aliphatic rings. The number of aliphatic carboxylic acids is 1. The average Bonchev–Trinajstić information content (AvgIpc) is 2.67. The Morgan fingerprint density at radius 1 is 1.36 bits per heavy atom. The number of carbonyl (C=O) groups excluding carboxylic acids is 1. The Morgan fingerprint density at radius 2 is 2.04 bits per heavy atom. The molecule has 0 spiro atoms. The van der Waals surface area contributed by atoms with Gasteiger partial charge in [0, 0.05) is 31.6 Å². The van der Waals surface area contributed by atoms with E-state index in [0.717, 1.165) is 38.9 Å². The Labute approximate surface area is 171 Å². The van der Waals surface area contributed by atoms with Crippen LogP contribution in [0.1, 0.15) is 49.4 Å². The number of benzene rings is 1. The van der Waals surface area contributed by atoms with Gasteiger partial charge in [-0.05, 0) is 44.2 Å². The predicted octanol–water partition coefficient (Wildman–Crippen LogP) is 3.02. The van der Waals surface area contributed by atoms with Gasteiger partial charge in [0.25, 0.3) is 5.91 Å². The summed E-state index contributed by atoms with van der Waals surface area (Å²) in [6, 6.07) is 3.21. The summed E-state index contributed by atoms with van der Waals surface area (Å²) in [6.07, 6.45) is 3.69. The first-order chi connectivity index (χ1) is 13.3. The minimum absolute atomic E-state index is 0.106. The number of methoxy groups -OCH3 is 1. The molecule has 0 aliphatic carbocycles. The third-order valence-electron chi connectivity index (χ3n) is 5.28. The molecule has 4 N–H and O–H groups in total. The maximum absolute atomic E-state index is 12.6. The zero-order chi connectivity index (χ0) is 20.7. The van der Waals surface area contributed by atoms with E-state index in [4.69, 9.17) is 27.2 Å². The lowest BCUT2D eigenvalue weighted by Crippen LogP contribution is -2.45. The van der Waals surface area contributed by atoms with Crippen LogP contribution in [0.4, 0.5) is 5.69 Å². The van der Waals surface area contributed by atoms with Crippen LogP contribution in [0.2, 0.25) is 5.02 Å². The fraction of sp³-hybridized carbons (Fsp3) is 0.600. The normalized spacial score (nSPS) is 16.5. The van der Waals surface area contributed by atoms with Gasteiger partial charge in [-0.15, -0.1) is 0 Å². The number of amides is 1. The van der Waals surface area contributed by atoms with Crippen molar-refractivity contribution < 1.29 is 19.4 Å². The van der Waals surface area contributed by atoms with E-state index in [2.05, 4.69) is 17.1 Å². The number of nitrogens with one attached hydrogen (secondary N) is 1. The van der Waals surface area contributed by atoms with Crippen LogP contribution in [0.3, 0.4) is 0 Å². The first kappa shape index (κ1) is 22.3. The van der Waals surface area contributed by atoms with Crippen LogP contribution >= 0.6 is 11.6 Å². The zero-order valence-electron chi connectivity index (χ0n) is 16.5. The molecule has 156 valence electrons. The van der Waals surface area contributed by atoms with Crippen LogP contribution in [0.5, 0.6) is 5.75 Å². The first-order valence-corrected chi connectivity index (χ1v) is 10.1. The number of halogens is 1. The molecule has 1 fully saturated rings. The van der Waals surface area contributed by atoms with E-state index in [1.165, 1.54) is 7.11 Å². The third-order valence-corrected chi connectivity index (χ3v) is 5.60. The highest BCUT2D eigenvalue weighted by atomic mass is 35.5. The van der Waals surface area contributed by atoms with Gasteiger partial charge < -0.3 is 25.8 Å². The number of nitrogens with two attached hydrogens (primary N) is 1. The minimum atomic E-state index is -0.734. The number of carboxylic acids is 1. The molecule has 1 aliphatic heterocycles. The number of hydrogen-bond acceptors (Lipinski definition) is 5.